The summed E-state index contributed by atoms with van der Waals surface area (Å²) in [4.78, 5) is 11.8. The number of rotatable bonds is 8. The molecule has 0 aliphatic carbocycles. The maximum absolute atomic E-state index is 11.9. The highest BCUT2D eigenvalue weighted by atomic mass is 35.7. The van der Waals surface area contributed by atoms with E-state index in [0.717, 1.165) is 0 Å². The van der Waals surface area contributed by atoms with Crippen molar-refractivity contribution in [3.05, 3.63) is 29.3 Å². The second kappa shape index (κ2) is 8.33. The molecule has 0 unspecified atom stereocenters. The number of halogens is 1. The molecule has 118 valence electrons. The smallest absolute Gasteiger partial charge is 0.261 e. The van der Waals surface area contributed by atoms with Crippen LogP contribution in [0.4, 0.5) is 0 Å². The molecule has 0 aliphatic rings. The Bertz CT molecular complexity index is 588. The molecule has 1 aromatic rings. The molecule has 1 aromatic carbocycles. The molecule has 0 saturated heterocycles. The minimum Gasteiger partial charge on any atom is -0.385 e. The minimum atomic E-state index is -3.95. The van der Waals surface area contributed by atoms with Gasteiger partial charge in [-0.05, 0) is 24.1 Å². The Labute approximate surface area is 128 Å². The maximum Gasteiger partial charge on any atom is 0.261 e. The van der Waals surface area contributed by atoms with Crippen molar-refractivity contribution in [3.63, 3.8) is 0 Å². The fourth-order valence-electron chi connectivity index (χ4n) is 1.72. The van der Waals surface area contributed by atoms with Gasteiger partial charge in [-0.1, -0.05) is 6.07 Å². The predicted octanol–water partition coefficient (Wildman–Crippen LogP) is 1.53. The van der Waals surface area contributed by atoms with Gasteiger partial charge in [0, 0.05) is 43.6 Å². The van der Waals surface area contributed by atoms with Crippen molar-refractivity contribution in [2.75, 3.05) is 27.4 Å². The zero-order valence-electron chi connectivity index (χ0n) is 11.9. The van der Waals surface area contributed by atoms with Crippen LogP contribution in [0.2, 0.25) is 0 Å². The first kappa shape index (κ1) is 17.9. The molecule has 6 nitrogen and oxygen atoms in total. The van der Waals surface area contributed by atoms with Crippen molar-refractivity contribution in [2.45, 2.75) is 17.9 Å². The SMILES string of the molecule is COCCCNC(=O)c1ccc(COC)c(S(=O)(=O)Cl)c1. The number of carbonyl (C=O) groups excluding carboxylic acids is 1. The Morgan fingerprint density at radius 2 is 2.00 bits per heavy atom. The molecular weight excluding hydrogens is 318 g/mol. The lowest BCUT2D eigenvalue weighted by Gasteiger charge is -2.09. The summed E-state index contributed by atoms with van der Waals surface area (Å²) < 4.78 is 32.9. The molecule has 0 aliphatic heterocycles. The van der Waals surface area contributed by atoms with E-state index in [1.54, 1.807) is 7.11 Å². The second-order valence-electron chi connectivity index (χ2n) is 4.30. The Hall–Kier alpha value is -1.15. The number of amides is 1. The third-order valence-electron chi connectivity index (χ3n) is 2.70. The van der Waals surface area contributed by atoms with Crippen molar-refractivity contribution >= 4 is 25.6 Å². The standard InChI is InChI=1S/C13H18ClNO5S/c1-19-7-3-6-15-13(16)10-4-5-11(9-20-2)12(8-10)21(14,17)18/h4-5,8H,3,6-7,9H2,1-2H3,(H,15,16). The van der Waals surface area contributed by atoms with Gasteiger partial charge in [0.25, 0.3) is 15.0 Å². The van der Waals surface area contributed by atoms with Gasteiger partial charge in [0.1, 0.15) is 0 Å². The van der Waals surface area contributed by atoms with Gasteiger partial charge in [0.05, 0.1) is 11.5 Å². The molecule has 0 spiro atoms. The van der Waals surface area contributed by atoms with Gasteiger partial charge in [-0.15, -0.1) is 0 Å². The first-order valence-corrected chi connectivity index (χ1v) is 8.54. The molecule has 0 aromatic heterocycles. The highest BCUT2D eigenvalue weighted by Gasteiger charge is 2.18. The topological polar surface area (TPSA) is 81.7 Å². The molecule has 1 amide bonds. The molecule has 1 rings (SSSR count). The van der Waals surface area contributed by atoms with Gasteiger partial charge in [-0.3, -0.25) is 4.79 Å². The van der Waals surface area contributed by atoms with Crippen LogP contribution in [0.1, 0.15) is 22.3 Å². The zero-order valence-corrected chi connectivity index (χ0v) is 13.5. The Morgan fingerprint density at radius 1 is 1.29 bits per heavy atom. The van der Waals surface area contributed by atoms with Gasteiger partial charge in [0.15, 0.2) is 0 Å². The van der Waals surface area contributed by atoms with Gasteiger partial charge in [-0.25, -0.2) is 8.42 Å². The molecule has 0 saturated carbocycles. The molecular formula is C13H18ClNO5S. The third kappa shape index (κ3) is 5.62. The predicted molar refractivity (Wildman–Crippen MR) is 79.0 cm³/mol. The van der Waals surface area contributed by atoms with Crippen LogP contribution in [0.15, 0.2) is 23.1 Å². The molecule has 0 heterocycles. The van der Waals surface area contributed by atoms with Crippen LogP contribution >= 0.6 is 10.7 Å². The number of hydrogen-bond acceptors (Lipinski definition) is 5. The number of carbonyl (C=O) groups is 1. The molecule has 0 radical (unpaired) electrons. The summed E-state index contributed by atoms with van der Waals surface area (Å²) in [6, 6.07) is 4.30. The zero-order chi connectivity index (χ0) is 15.9. The van der Waals surface area contributed by atoms with E-state index in [4.69, 9.17) is 20.2 Å². The summed E-state index contributed by atoms with van der Waals surface area (Å²) in [7, 11) is 4.46. The maximum atomic E-state index is 11.9. The lowest BCUT2D eigenvalue weighted by atomic mass is 10.1. The van der Waals surface area contributed by atoms with Crippen LogP contribution in [0, 0.1) is 0 Å². The van der Waals surface area contributed by atoms with Gasteiger partial charge >= 0.3 is 0 Å². The van der Waals surface area contributed by atoms with E-state index in [0.29, 0.717) is 25.1 Å². The third-order valence-corrected chi connectivity index (χ3v) is 4.11. The van der Waals surface area contributed by atoms with Crippen molar-refractivity contribution < 1.29 is 22.7 Å². The van der Waals surface area contributed by atoms with E-state index in [1.807, 2.05) is 0 Å². The van der Waals surface area contributed by atoms with E-state index in [9.17, 15) is 13.2 Å². The van der Waals surface area contributed by atoms with Crippen LogP contribution < -0.4 is 5.32 Å². The average Bonchev–Trinajstić information content (AvgIpc) is 2.43. The highest BCUT2D eigenvalue weighted by Crippen LogP contribution is 2.22. The largest absolute Gasteiger partial charge is 0.385 e. The van der Waals surface area contributed by atoms with E-state index >= 15 is 0 Å². The number of hydrogen-bond donors (Lipinski definition) is 1. The lowest BCUT2D eigenvalue weighted by molar-refractivity contribution is 0.0948. The summed E-state index contributed by atoms with van der Waals surface area (Å²) in [6.45, 7) is 1.07. The Kier molecular flexibility index (Phi) is 7.10. The van der Waals surface area contributed by atoms with Crippen molar-refractivity contribution in [2.24, 2.45) is 0 Å². The van der Waals surface area contributed by atoms with Crippen LogP contribution in [-0.2, 0) is 25.1 Å². The summed E-state index contributed by atoms with van der Waals surface area (Å²) >= 11 is 0. The lowest BCUT2D eigenvalue weighted by Crippen LogP contribution is -2.25. The van der Waals surface area contributed by atoms with Crippen LogP contribution in [0.25, 0.3) is 0 Å². The van der Waals surface area contributed by atoms with E-state index < -0.39 is 9.05 Å². The average molecular weight is 336 g/mol. The first-order chi connectivity index (χ1) is 9.90. The summed E-state index contributed by atoms with van der Waals surface area (Å²) in [5.41, 5.74) is 0.634. The van der Waals surface area contributed by atoms with Crippen molar-refractivity contribution in [3.8, 4) is 0 Å². The molecule has 8 heteroatoms. The van der Waals surface area contributed by atoms with E-state index in [-0.39, 0.29) is 23.0 Å². The fourth-order valence-corrected chi connectivity index (χ4v) is 2.86. The van der Waals surface area contributed by atoms with Crippen molar-refractivity contribution in [1.29, 1.82) is 0 Å². The van der Waals surface area contributed by atoms with Gasteiger partial charge in [-0.2, -0.15) is 0 Å². The van der Waals surface area contributed by atoms with Crippen LogP contribution in [-0.4, -0.2) is 41.7 Å². The monoisotopic (exact) mass is 335 g/mol. The van der Waals surface area contributed by atoms with Crippen LogP contribution in [0.3, 0.4) is 0 Å². The summed E-state index contributed by atoms with van der Waals surface area (Å²) in [5, 5.41) is 2.68. The second-order valence-corrected chi connectivity index (χ2v) is 6.83. The van der Waals surface area contributed by atoms with Crippen molar-refractivity contribution in [1.82, 2.24) is 5.32 Å². The summed E-state index contributed by atoms with van der Waals surface area (Å²) in [6.07, 6.45) is 0.671. The Morgan fingerprint density at radius 3 is 2.57 bits per heavy atom. The number of benzene rings is 1. The van der Waals surface area contributed by atoms with Crippen LogP contribution in [0.5, 0.6) is 0 Å². The highest BCUT2D eigenvalue weighted by molar-refractivity contribution is 8.13. The first-order valence-electron chi connectivity index (χ1n) is 6.23. The van der Waals surface area contributed by atoms with E-state index in [2.05, 4.69) is 5.32 Å². The van der Waals surface area contributed by atoms with E-state index in [1.165, 1.54) is 25.3 Å². The molecule has 0 bridgehead atoms. The number of nitrogens with one attached hydrogen (secondary N) is 1. The Balaban J connectivity index is 2.92. The molecule has 0 atom stereocenters. The normalized spacial score (nSPS) is 11.4. The quantitative estimate of drug-likeness (QED) is 0.575. The summed E-state index contributed by atoms with van der Waals surface area (Å²) in [5.74, 6) is -0.364. The number of ether oxygens (including phenoxy) is 2. The minimum absolute atomic E-state index is 0.0943. The fraction of sp³-hybridized carbons (Fsp3) is 0.462. The number of methoxy groups -OCH3 is 2. The van der Waals surface area contributed by atoms with Gasteiger partial charge in [0.2, 0.25) is 0 Å². The molecule has 0 fully saturated rings. The van der Waals surface area contributed by atoms with Gasteiger partial charge < -0.3 is 14.8 Å². The molecule has 21 heavy (non-hydrogen) atoms. The molecule has 1 N–H and O–H groups in total.